The highest BCUT2D eigenvalue weighted by Crippen LogP contribution is 2.52. The van der Waals surface area contributed by atoms with Gasteiger partial charge in [-0.25, -0.2) is 15.2 Å². The van der Waals surface area contributed by atoms with Crippen LogP contribution in [0.15, 0.2) is 0 Å². The van der Waals surface area contributed by atoms with Gasteiger partial charge < -0.3 is 4.74 Å². The number of hydrazine groups is 1. The van der Waals surface area contributed by atoms with Crippen LogP contribution in [0, 0.1) is 0 Å². The van der Waals surface area contributed by atoms with E-state index in [2.05, 4.69) is 18.0 Å². The van der Waals surface area contributed by atoms with Gasteiger partial charge in [0, 0.05) is 0 Å². The van der Waals surface area contributed by atoms with Crippen LogP contribution in [0.3, 0.4) is 0 Å². The van der Waals surface area contributed by atoms with E-state index in [1.54, 1.807) is 0 Å². The van der Waals surface area contributed by atoms with Gasteiger partial charge in [0.15, 0.2) is 13.2 Å². The summed E-state index contributed by atoms with van der Waals surface area (Å²) in [4.78, 5) is 11.6. The summed E-state index contributed by atoms with van der Waals surface area (Å²) in [6.07, 6.45) is -13.7. The van der Waals surface area contributed by atoms with Gasteiger partial charge >= 0.3 is 26.2 Å². The van der Waals surface area contributed by atoms with Crippen LogP contribution in [0.2, 0.25) is 0 Å². The van der Waals surface area contributed by atoms with Gasteiger partial charge in [-0.3, -0.25) is 13.2 Å². The highest BCUT2D eigenvalue weighted by atomic mass is 32.2. The zero-order chi connectivity index (χ0) is 20.4. The summed E-state index contributed by atoms with van der Waals surface area (Å²) in [5.41, 5.74) is 0. The molecule has 0 radical (unpaired) electrons. The summed E-state index contributed by atoms with van der Waals surface area (Å²) in [5, 5.41) is 0. The molecule has 0 saturated carbocycles. The van der Waals surface area contributed by atoms with Crippen molar-refractivity contribution in [1.29, 1.82) is 0 Å². The molecule has 0 bridgehead atoms. The Balaban J connectivity index is 2.86. The summed E-state index contributed by atoms with van der Waals surface area (Å²) in [7, 11) is -9.67. The molecule has 26 heavy (non-hydrogen) atoms. The van der Waals surface area contributed by atoms with Gasteiger partial charge in [0.25, 0.3) is 10.1 Å². The van der Waals surface area contributed by atoms with Crippen molar-refractivity contribution in [2.45, 2.75) is 18.5 Å². The topological polar surface area (TPSA) is 134 Å². The van der Waals surface area contributed by atoms with E-state index in [1.165, 1.54) is 0 Å². The summed E-state index contributed by atoms with van der Waals surface area (Å²) < 4.78 is 122. The number of nitrogens with zero attached hydrogens (tertiary/aromatic N) is 1. The first-order valence-electron chi connectivity index (χ1n) is 6.19. The first kappa shape index (κ1) is 22.9. The minimum atomic E-state index is -5.64. The smallest absolute Gasteiger partial charge is 0.441 e. The predicted octanol–water partition coefficient (Wildman–Crippen LogP) is 1.29. The number of carbonyl (C=O) groups excluding carboxylic acids is 1. The van der Waals surface area contributed by atoms with E-state index in [9.17, 15) is 44.1 Å². The molecule has 1 heterocycles. The lowest BCUT2D eigenvalue weighted by molar-refractivity contribution is -0.167. The third-order valence-electron chi connectivity index (χ3n) is 2.32. The third kappa shape index (κ3) is 7.63. The number of hydrogen-bond acceptors (Lipinski definition) is 9. The Labute approximate surface area is 141 Å². The van der Waals surface area contributed by atoms with Crippen LogP contribution in [-0.4, -0.2) is 63.3 Å². The Morgan fingerprint density at radius 3 is 1.96 bits per heavy atom. The molecular weight excluding hydrogens is 429 g/mol. The van der Waals surface area contributed by atoms with Crippen LogP contribution in [-0.2, 0) is 32.7 Å². The van der Waals surface area contributed by atoms with Crippen LogP contribution in [0.4, 0.5) is 31.1 Å². The number of alkyl halides is 6. The summed E-state index contributed by atoms with van der Waals surface area (Å²) in [6, 6.07) is 0. The number of nitrogens with two attached hydrogens (primary N) is 1. The Bertz CT molecular complexity index is 645. The van der Waals surface area contributed by atoms with Crippen molar-refractivity contribution in [1.82, 2.24) is 4.78 Å². The molecule has 1 rings (SSSR count). The Morgan fingerprint density at radius 1 is 1.15 bits per heavy atom. The highest BCUT2D eigenvalue weighted by molar-refractivity contribution is 7.87. The summed E-state index contributed by atoms with van der Waals surface area (Å²) >= 11 is 0. The number of ether oxygens (including phenoxy) is 1. The monoisotopic (exact) mass is 440 g/mol. The van der Waals surface area contributed by atoms with Crippen molar-refractivity contribution < 1.29 is 62.1 Å². The second kappa shape index (κ2) is 7.85. The molecule has 1 aliphatic heterocycles. The van der Waals surface area contributed by atoms with Gasteiger partial charge in [0.2, 0.25) is 0 Å². The average Bonchev–Trinajstić information content (AvgIpc) is 2.79. The zero-order valence-electron chi connectivity index (χ0n) is 12.3. The van der Waals surface area contributed by atoms with Crippen LogP contribution >= 0.6 is 7.75 Å². The summed E-state index contributed by atoms with van der Waals surface area (Å²) in [5.74, 6) is 4.06. The Hall–Kier alpha value is -1.13. The maximum atomic E-state index is 12.2. The SMILES string of the molecule is NN(C(=O)OC1COS(=O)(=O)C1)P(=O)(OCC(F)(F)F)OCC(F)(F)F. The fraction of sp³-hybridized carbons (Fsp3) is 0.875. The van der Waals surface area contributed by atoms with Crippen molar-refractivity contribution in [2.75, 3.05) is 25.6 Å². The van der Waals surface area contributed by atoms with E-state index in [1.807, 2.05) is 0 Å². The molecule has 1 unspecified atom stereocenters. The van der Waals surface area contributed by atoms with Crippen molar-refractivity contribution in [3.8, 4) is 0 Å². The number of rotatable bonds is 6. The molecular formula is C8H11F6N2O8PS. The number of halogens is 6. The molecule has 0 aromatic heterocycles. The maximum Gasteiger partial charge on any atom is 0.455 e. The van der Waals surface area contributed by atoms with E-state index in [4.69, 9.17) is 5.84 Å². The third-order valence-corrected chi connectivity index (χ3v) is 5.20. The van der Waals surface area contributed by atoms with Crippen molar-refractivity contribution in [2.24, 2.45) is 5.84 Å². The lowest BCUT2D eigenvalue weighted by Gasteiger charge is -2.26. The molecule has 0 aromatic rings. The van der Waals surface area contributed by atoms with Crippen LogP contribution < -0.4 is 5.84 Å². The normalized spacial score (nSPS) is 20.8. The van der Waals surface area contributed by atoms with Crippen molar-refractivity contribution in [3.63, 3.8) is 0 Å². The van der Waals surface area contributed by atoms with Crippen molar-refractivity contribution in [3.05, 3.63) is 0 Å². The average molecular weight is 440 g/mol. The largest absolute Gasteiger partial charge is 0.455 e. The Morgan fingerprint density at radius 2 is 1.62 bits per heavy atom. The number of amides is 1. The second-order valence-corrected chi connectivity index (χ2v) is 8.17. The molecule has 1 saturated heterocycles. The van der Waals surface area contributed by atoms with Gasteiger partial charge in [-0.1, -0.05) is 0 Å². The molecule has 2 N–H and O–H groups in total. The fourth-order valence-electron chi connectivity index (χ4n) is 1.34. The minimum absolute atomic E-state index is 0.682. The van der Waals surface area contributed by atoms with Gasteiger partial charge in [0.05, 0.1) is 0 Å². The molecule has 0 aliphatic carbocycles. The van der Waals surface area contributed by atoms with E-state index in [-0.39, 0.29) is 0 Å². The molecule has 1 fully saturated rings. The molecule has 0 aromatic carbocycles. The van der Waals surface area contributed by atoms with E-state index in [0.717, 1.165) is 0 Å². The lowest BCUT2D eigenvalue weighted by atomic mass is 10.4. The first-order chi connectivity index (χ1) is 11.5. The fourth-order valence-corrected chi connectivity index (χ4v) is 3.60. The highest BCUT2D eigenvalue weighted by Gasteiger charge is 2.45. The van der Waals surface area contributed by atoms with Gasteiger partial charge in [-0.15, -0.1) is 4.78 Å². The molecule has 1 amide bonds. The zero-order valence-corrected chi connectivity index (χ0v) is 14.0. The number of hydrogen-bond donors (Lipinski definition) is 1. The molecule has 10 nitrogen and oxygen atoms in total. The van der Waals surface area contributed by atoms with Crippen LogP contribution in [0.5, 0.6) is 0 Å². The van der Waals surface area contributed by atoms with Crippen molar-refractivity contribution >= 4 is 24.0 Å². The molecule has 18 heteroatoms. The van der Waals surface area contributed by atoms with E-state index in [0.29, 0.717) is 0 Å². The summed E-state index contributed by atoms with van der Waals surface area (Å²) in [6.45, 7) is -5.40. The van der Waals surface area contributed by atoms with Gasteiger partial charge in [-0.05, 0) is 0 Å². The van der Waals surface area contributed by atoms with E-state index >= 15 is 0 Å². The van der Waals surface area contributed by atoms with E-state index < -0.39 is 72.8 Å². The Kier molecular flexibility index (Phi) is 6.92. The standard InChI is InChI=1S/C8H11F6N2O8PS/c9-7(10,11)3-21-25(18,22-4-8(12,13)14)16(15)6(17)24-5-1-23-26(19,20)2-5/h5H,1-4,15H2. The molecule has 1 atom stereocenters. The first-order valence-corrected chi connectivity index (χ1v) is 9.26. The van der Waals surface area contributed by atoms with Crippen LogP contribution in [0.1, 0.15) is 0 Å². The minimum Gasteiger partial charge on any atom is -0.441 e. The predicted molar refractivity (Wildman–Crippen MR) is 67.7 cm³/mol. The molecule has 154 valence electrons. The quantitative estimate of drug-likeness (QED) is 0.162. The molecule has 0 spiro atoms. The van der Waals surface area contributed by atoms with Gasteiger partial charge in [-0.2, -0.15) is 34.8 Å². The van der Waals surface area contributed by atoms with Crippen LogP contribution in [0.25, 0.3) is 0 Å². The number of carbonyl (C=O) groups is 1. The lowest BCUT2D eigenvalue weighted by Crippen LogP contribution is -2.40. The molecule has 1 aliphatic rings. The second-order valence-electron chi connectivity index (χ2n) is 4.60. The van der Waals surface area contributed by atoms with Gasteiger partial charge in [0.1, 0.15) is 18.5 Å². The maximum absolute atomic E-state index is 12.2.